The monoisotopic (exact) mass is 274 g/mol. The van der Waals surface area contributed by atoms with Crippen molar-refractivity contribution in [3.05, 3.63) is 54.6 Å². The van der Waals surface area contributed by atoms with E-state index < -0.39 is 0 Å². The fourth-order valence-electron chi connectivity index (χ4n) is 1.96. The molecular weight excluding hydrogens is 256 g/mol. The minimum absolute atomic E-state index is 0.740. The first-order valence-corrected chi connectivity index (χ1v) is 7.28. The standard InChI is InChI=1S/C17H19ClO/c18-12-5-2-6-13-19-17-11-7-10-16(14-17)15-8-3-1-4-9-15/h1,3-4,7-11,14H,2,5-6,12-13H2. The molecule has 100 valence electrons. The van der Waals surface area contributed by atoms with Crippen LogP contribution in [-0.4, -0.2) is 12.5 Å². The third-order valence-corrected chi connectivity index (χ3v) is 3.26. The number of alkyl halides is 1. The maximum absolute atomic E-state index is 5.77. The normalized spacial score (nSPS) is 10.4. The van der Waals surface area contributed by atoms with E-state index in [2.05, 4.69) is 36.4 Å². The molecule has 0 aliphatic rings. The summed E-state index contributed by atoms with van der Waals surface area (Å²) in [4.78, 5) is 0. The summed E-state index contributed by atoms with van der Waals surface area (Å²) < 4.78 is 5.77. The Bertz CT molecular complexity index is 482. The smallest absolute Gasteiger partial charge is 0.119 e. The van der Waals surface area contributed by atoms with Gasteiger partial charge in [0.2, 0.25) is 0 Å². The number of ether oxygens (including phenoxy) is 1. The first-order valence-electron chi connectivity index (χ1n) is 6.74. The molecule has 0 bridgehead atoms. The molecule has 0 N–H and O–H groups in total. The van der Waals surface area contributed by atoms with E-state index in [-0.39, 0.29) is 0 Å². The van der Waals surface area contributed by atoms with Gasteiger partial charge in [-0.05, 0) is 42.5 Å². The van der Waals surface area contributed by atoms with Crippen molar-refractivity contribution in [2.45, 2.75) is 19.3 Å². The molecule has 0 unspecified atom stereocenters. The van der Waals surface area contributed by atoms with Gasteiger partial charge in [-0.2, -0.15) is 0 Å². The molecule has 2 aromatic carbocycles. The summed E-state index contributed by atoms with van der Waals surface area (Å²) in [6.07, 6.45) is 3.25. The zero-order valence-electron chi connectivity index (χ0n) is 11.0. The largest absolute Gasteiger partial charge is 0.494 e. The lowest BCUT2D eigenvalue weighted by Gasteiger charge is -2.08. The zero-order chi connectivity index (χ0) is 13.3. The van der Waals surface area contributed by atoms with Gasteiger partial charge in [0, 0.05) is 5.88 Å². The number of rotatable bonds is 7. The molecule has 0 aliphatic carbocycles. The van der Waals surface area contributed by atoms with Crippen LogP contribution in [0.2, 0.25) is 0 Å². The van der Waals surface area contributed by atoms with Gasteiger partial charge in [-0.25, -0.2) is 0 Å². The van der Waals surface area contributed by atoms with Crippen LogP contribution in [0.5, 0.6) is 5.75 Å². The van der Waals surface area contributed by atoms with E-state index in [0.717, 1.165) is 37.5 Å². The van der Waals surface area contributed by atoms with E-state index in [1.807, 2.05) is 18.2 Å². The van der Waals surface area contributed by atoms with Crippen LogP contribution in [0.4, 0.5) is 0 Å². The molecule has 0 amide bonds. The second-order valence-electron chi connectivity index (χ2n) is 4.49. The van der Waals surface area contributed by atoms with Crippen LogP contribution >= 0.6 is 11.6 Å². The van der Waals surface area contributed by atoms with E-state index >= 15 is 0 Å². The molecule has 0 aliphatic heterocycles. The Labute approximate surface area is 120 Å². The number of benzene rings is 2. The van der Waals surface area contributed by atoms with Gasteiger partial charge in [0.1, 0.15) is 5.75 Å². The predicted octanol–water partition coefficient (Wildman–Crippen LogP) is 5.14. The summed E-state index contributed by atoms with van der Waals surface area (Å²) in [7, 11) is 0. The summed E-state index contributed by atoms with van der Waals surface area (Å²) >= 11 is 5.65. The first kappa shape index (κ1) is 14.0. The Morgan fingerprint density at radius 1 is 0.789 bits per heavy atom. The summed E-state index contributed by atoms with van der Waals surface area (Å²) in [6.45, 7) is 0.759. The summed E-state index contributed by atoms with van der Waals surface area (Å²) in [5.41, 5.74) is 2.41. The average Bonchev–Trinajstić information content (AvgIpc) is 2.48. The van der Waals surface area contributed by atoms with Gasteiger partial charge < -0.3 is 4.74 Å². The van der Waals surface area contributed by atoms with Crippen molar-refractivity contribution in [1.29, 1.82) is 0 Å². The molecule has 0 saturated heterocycles. The van der Waals surface area contributed by atoms with E-state index in [1.165, 1.54) is 11.1 Å². The number of halogens is 1. The third-order valence-electron chi connectivity index (χ3n) is 2.99. The molecule has 19 heavy (non-hydrogen) atoms. The lowest BCUT2D eigenvalue weighted by atomic mass is 10.1. The van der Waals surface area contributed by atoms with Gasteiger partial charge in [-0.15, -0.1) is 11.6 Å². The Morgan fingerprint density at radius 3 is 2.37 bits per heavy atom. The molecule has 0 heterocycles. The van der Waals surface area contributed by atoms with E-state index in [9.17, 15) is 0 Å². The van der Waals surface area contributed by atoms with Crippen molar-refractivity contribution in [2.75, 3.05) is 12.5 Å². The van der Waals surface area contributed by atoms with Crippen molar-refractivity contribution in [2.24, 2.45) is 0 Å². The minimum atomic E-state index is 0.740. The van der Waals surface area contributed by atoms with Crippen molar-refractivity contribution in [1.82, 2.24) is 0 Å². The fraction of sp³-hybridized carbons (Fsp3) is 0.294. The Balaban J connectivity index is 1.92. The summed E-state index contributed by atoms with van der Waals surface area (Å²) in [6, 6.07) is 18.6. The average molecular weight is 275 g/mol. The van der Waals surface area contributed by atoms with E-state index in [1.54, 1.807) is 0 Å². The van der Waals surface area contributed by atoms with Crippen LogP contribution in [0.3, 0.4) is 0 Å². The molecule has 2 rings (SSSR count). The lowest BCUT2D eigenvalue weighted by Crippen LogP contribution is -1.97. The summed E-state index contributed by atoms with van der Waals surface area (Å²) in [5.74, 6) is 1.68. The topological polar surface area (TPSA) is 9.23 Å². The first-order chi connectivity index (χ1) is 9.40. The molecule has 0 saturated carbocycles. The molecule has 2 aromatic rings. The van der Waals surface area contributed by atoms with Crippen LogP contribution in [-0.2, 0) is 0 Å². The number of hydrogen-bond donors (Lipinski definition) is 0. The van der Waals surface area contributed by atoms with Crippen LogP contribution in [0, 0.1) is 0 Å². The SMILES string of the molecule is ClCCCCCOc1cccc(-c2ccccc2)c1. The molecular formula is C17H19ClO. The van der Waals surface area contributed by atoms with Gasteiger partial charge in [0.25, 0.3) is 0 Å². The Hall–Kier alpha value is -1.47. The second-order valence-corrected chi connectivity index (χ2v) is 4.87. The molecule has 0 radical (unpaired) electrons. The van der Waals surface area contributed by atoms with E-state index in [4.69, 9.17) is 16.3 Å². The maximum Gasteiger partial charge on any atom is 0.119 e. The quantitative estimate of drug-likeness (QED) is 0.502. The zero-order valence-corrected chi connectivity index (χ0v) is 11.8. The van der Waals surface area contributed by atoms with Crippen LogP contribution in [0.1, 0.15) is 19.3 Å². The Kier molecular flexibility index (Phi) is 5.77. The van der Waals surface area contributed by atoms with Crippen LogP contribution in [0.25, 0.3) is 11.1 Å². The van der Waals surface area contributed by atoms with Crippen LogP contribution in [0.15, 0.2) is 54.6 Å². The van der Waals surface area contributed by atoms with Gasteiger partial charge in [0.05, 0.1) is 6.61 Å². The number of hydrogen-bond acceptors (Lipinski definition) is 1. The predicted molar refractivity (Wildman–Crippen MR) is 81.9 cm³/mol. The van der Waals surface area contributed by atoms with E-state index in [0.29, 0.717) is 0 Å². The van der Waals surface area contributed by atoms with Crippen molar-refractivity contribution in [3.8, 4) is 16.9 Å². The highest BCUT2D eigenvalue weighted by atomic mass is 35.5. The molecule has 1 nitrogen and oxygen atoms in total. The second kappa shape index (κ2) is 7.85. The molecule has 0 atom stereocenters. The number of unbranched alkanes of at least 4 members (excludes halogenated alkanes) is 2. The highest BCUT2D eigenvalue weighted by Crippen LogP contribution is 2.23. The third kappa shape index (κ3) is 4.60. The van der Waals surface area contributed by atoms with Gasteiger partial charge in [-0.1, -0.05) is 42.5 Å². The molecule has 0 spiro atoms. The maximum atomic E-state index is 5.77. The van der Waals surface area contributed by atoms with Gasteiger partial charge in [-0.3, -0.25) is 0 Å². The highest BCUT2D eigenvalue weighted by Gasteiger charge is 1.99. The molecule has 0 fully saturated rings. The van der Waals surface area contributed by atoms with Crippen molar-refractivity contribution in [3.63, 3.8) is 0 Å². The minimum Gasteiger partial charge on any atom is -0.494 e. The highest BCUT2D eigenvalue weighted by molar-refractivity contribution is 6.17. The van der Waals surface area contributed by atoms with Gasteiger partial charge in [0.15, 0.2) is 0 Å². The fourth-order valence-corrected chi connectivity index (χ4v) is 2.15. The van der Waals surface area contributed by atoms with Gasteiger partial charge >= 0.3 is 0 Å². The molecule has 0 aromatic heterocycles. The van der Waals surface area contributed by atoms with Crippen molar-refractivity contribution >= 4 is 11.6 Å². The molecule has 2 heteroatoms. The van der Waals surface area contributed by atoms with Crippen molar-refractivity contribution < 1.29 is 4.74 Å². The Morgan fingerprint density at radius 2 is 1.58 bits per heavy atom. The lowest BCUT2D eigenvalue weighted by molar-refractivity contribution is 0.306. The summed E-state index contributed by atoms with van der Waals surface area (Å²) in [5, 5.41) is 0. The van der Waals surface area contributed by atoms with Crippen LogP contribution < -0.4 is 4.74 Å².